The minimum atomic E-state index is -0.922. The molecule has 94 valence electrons. The molecule has 0 radical (unpaired) electrons. The Morgan fingerprint density at radius 2 is 1.89 bits per heavy atom. The number of rotatable bonds is 2. The number of carbonyl (C=O) groups is 1. The fourth-order valence-corrected chi connectivity index (χ4v) is 2.19. The van der Waals surface area contributed by atoms with E-state index in [-0.39, 0.29) is 5.56 Å². The van der Waals surface area contributed by atoms with Crippen LogP contribution in [0.1, 0.15) is 10.4 Å². The van der Waals surface area contributed by atoms with Crippen LogP contribution in [-0.4, -0.2) is 15.6 Å². The molecule has 4 nitrogen and oxygen atoms in total. The molecule has 0 fully saturated rings. The van der Waals surface area contributed by atoms with Gasteiger partial charge in [-0.25, -0.2) is 4.79 Å². The molecule has 19 heavy (non-hydrogen) atoms. The van der Waals surface area contributed by atoms with E-state index in [9.17, 15) is 4.79 Å². The molecule has 3 N–H and O–H groups in total. The number of hydrogen-bond acceptors (Lipinski definition) is 2. The van der Waals surface area contributed by atoms with Gasteiger partial charge in [-0.05, 0) is 36.4 Å². The second-order valence-corrected chi connectivity index (χ2v) is 4.32. The standard InChI is InChI=1S/C15H12N2O2/c16-12-3-1-2-4-14(12)17-8-7-10-9-11(15(18)19)5-6-13(10)17/h1-9H,16H2,(H,18,19). The quantitative estimate of drug-likeness (QED) is 0.689. The van der Waals surface area contributed by atoms with Gasteiger partial charge in [-0.1, -0.05) is 12.1 Å². The predicted molar refractivity (Wildman–Crippen MR) is 74.6 cm³/mol. The number of para-hydroxylation sites is 2. The molecule has 3 rings (SSSR count). The van der Waals surface area contributed by atoms with Crippen LogP contribution in [0.2, 0.25) is 0 Å². The number of nitrogens with two attached hydrogens (primary N) is 1. The number of hydrogen-bond donors (Lipinski definition) is 2. The Hall–Kier alpha value is -2.75. The summed E-state index contributed by atoms with van der Waals surface area (Å²) in [7, 11) is 0. The lowest BCUT2D eigenvalue weighted by Crippen LogP contribution is -1.99. The van der Waals surface area contributed by atoms with E-state index in [2.05, 4.69) is 0 Å². The lowest BCUT2D eigenvalue weighted by atomic mass is 10.1. The van der Waals surface area contributed by atoms with Gasteiger partial charge in [0, 0.05) is 11.6 Å². The summed E-state index contributed by atoms with van der Waals surface area (Å²) >= 11 is 0. The highest BCUT2D eigenvalue weighted by atomic mass is 16.4. The number of carboxylic acids is 1. The van der Waals surface area contributed by atoms with E-state index in [0.717, 1.165) is 16.6 Å². The second kappa shape index (κ2) is 4.17. The zero-order valence-electron chi connectivity index (χ0n) is 10.1. The molecule has 0 bridgehead atoms. The number of aromatic nitrogens is 1. The van der Waals surface area contributed by atoms with E-state index in [1.54, 1.807) is 18.2 Å². The maximum Gasteiger partial charge on any atom is 0.335 e. The van der Waals surface area contributed by atoms with Crippen LogP contribution in [0.25, 0.3) is 16.6 Å². The Kier molecular flexibility index (Phi) is 2.49. The maximum absolute atomic E-state index is 10.9. The van der Waals surface area contributed by atoms with Crippen LogP contribution < -0.4 is 5.73 Å². The summed E-state index contributed by atoms with van der Waals surface area (Å²) in [5, 5.41) is 9.86. The molecule has 0 aliphatic heterocycles. The third kappa shape index (κ3) is 1.83. The van der Waals surface area contributed by atoms with Crippen LogP contribution >= 0.6 is 0 Å². The van der Waals surface area contributed by atoms with Crippen molar-refractivity contribution in [2.24, 2.45) is 0 Å². The van der Waals surface area contributed by atoms with Gasteiger partial charge in [0.15, 0.2) is 0 Å². The Morgan fingerprint density at radius 3 is 2.63 bits per heavy atom. The zero-order valence-corrected chi connectivity index (χ0v) is 10.1. The van der Waals surface area contributed by atoms with Crippen molar-refractivity contribution in [1.29, 1.82) is 0 Å². The molecule has 3 aromatic rings. The molecule has 0 amide bonds. The number of fused-ring (bicyclic) bond motifs is 1. The summed E-state index contributed by atoms with van der Waals surface area (Å²) in [6.07, 6.45) is 1.89. The van der Waals surface area contributed by atoms with Crippen molar-refractivity contribution in [3.63, 3.8) is 0 Å². The van der Waals surface area contributed by atoms with Gasteiger partial charge in [-0.3, -0.25) is 0 Å². The summed E-state index contributed by atoms with van der Waals surface area (Å²) in [5.41, 5.74) is 8.75. The molecule has 4 heteroatoms. The fraction of sp³-hybridized carbons (Fsp3) is 0. The van der Waals surface area contributed by atoms with E-state index in [0.29, 0.717) is 5.69 Å². The van der Waals surface area contributed by atoms with Crippen LogP contribution in [-0.2, 0) is 0 Å². The Bertz CT molecular complexity index is 775. The summed E-state index contributed by atoms with van der Waals surface area (Å²) in [4.78, 5) is 10.9. The molecule has 0 spiro atoms. The molecule has 1 aromatic heterocycles. The first-order chi connectivity index (χ1) is 9.16. The van der Waals surface area contributed by atoms with Crippen molar-refractivity contribution in [1.82, 2.24) is 4.57 Å². The lowest BCUT2D eigenvalue weighted by molar-refractivity contribution is 0.0697. The molecule has 0 aliphatic carbocycles. The number of benzene rings is 2. The predicted octanol–water partition coefficient (Wildman–Crippen LogP) is 2.91. The summed E-state index contributed by atoms with van der Waals surface area (Å²) in [5.74, 6) is -0.922. The first-order valence-electron chi connectivity index (χ1n) is 5.86. The molecule has 0 saturated carbocycles. The number of nitrogens with zero attached hydrogens (tertiary/aromatic N) is 1. The summed E-state index contributed by atoms with van der Waals surface area (Å²) in [6, 6.07) is 14.5. The smallest absolute Gasteiger partial charge is 0.335 e. The van der Waals surface area contributed by atoms with Gasteiger partial charge in [0.2, 0.25) is 0 Å². The van der Waals surface area contributed by atoms with E-state index < -0.39 is 5.97 Å². The van der Waals surface area contributed by atoms with Crippen molar-refractivity contribution in [3.8, 4) is 5.69 Å². The molecule has 0 aliphatic rings. The summed E-state index contributed by atoms with van der Waals surface area (Å²) < 4.78 is 1.95. The molecular formula is C15H12N2O2. The van der Waals surface area contributed by atoms with Gasteiger partial charge < -0.3 is 15.4 Å². The highest BCUT2D eigenvalue weighted by Crippen LogP contribution is 2.24. The molecule has 0 atom stereocenters. The van der Waals surface area contributed by atoms with Crippen LogP contribution in [0.3, 0.4) is 0 Å². The lowest BCUT2D eigenvalue weighted by Gasteiger charge is -2.08. The highest BCUT2D eigenvalue weighted by Gasteiger charge is 2.08. The van der Waals surface area contributed by atoms with Gasteiger partial charge in [-0.15, -0.1) is 0 Å². The molecule has 0 unspecified atom stereocenters. The normalized spacial score (nSPS) is 10.7. The number of anilines is 1. The average Bonchev–Trinajstić information content (AvgIpc) is 2.82. The first kappa shape index (κ1) is 11.3. The summed E-state index contributed by atoms with van der Waals surface area (Å²) in [6.45, 7) is 0. The van der Waals surface area contributed by atoms with E-state index in [1.807, 2.05) is 41.1 Å². The van der Waals surface area contributed by atoms with Crippen molar-refractivity contribution in [2.75, 3.05) is 5.73 Å². The Labute approximate surface area is 109 Å². The van der Waals surface area contributed by atoms with Gasteiger partial charge in [0.05, 0.1) is 22.5 Å². The SMILES string of the molecule is Nc1ccccc1-n1ccc2cc(C(=O)O)ccc21. The van der Waals surface area contributed by atoms with Gasteiger partial charge in [0.25, 0.3) is 0 Å². The molecule has 1 heterocycles. The van der Waals surface area contributed by atoms with Crippen LogP contribution in [0.4, 0.5) is 5.69 Å². The average molecular weight is 252 g/mol. The maximum atomic E-state index is 10.9. The van der Waals surface area contributed by atoms with Crippen molar-refractivity contribution >= 4 is 22.6 Å². The van der Waals surface area contributed by atoms with Crippen LogP contribution in [0.5, 0.6) is 0 Å². The van der Waals surface area contributed by atoms with Crippen molar-refractivity contribution < 1.29 is 9.90 Å². The van der Waals surface area contributed by atoms with Crippen molar-refractivity contribution in [2.45, 2.75) is 0 Å². The van der Waals surface area contributed by atoms with Crippen LogP contribution in [0, 0.1) is 0 Å². The molecule has 2 aromatic carbocycles. The number of nitrogen functional groups attached to an aromatic ring is 1. The highest BCUT2D eigenvalue weighted by molar-refractivity contribution is 5.94. The Morgan fingerprint density at radius 1 is 1.11 bits per heavy atom. The van der Waals surface area contributed by atoms with Gasteiger partial charge in [-0.2, -0.15) is 0 Å². The third-order valence-corrected chi connectivity index (χ3v) is 3.13. The number of aromatic carboxylic acids is 1. The van der Waals surface area contributed by atoms with E-state index in [1.165, 1.54) is 0 Å². The van der Waals surface area contributed by atoms with Gasteiger partial charge >= 0.3 is 5.97 Å². The Balaban J connectivity index is 2.22. The minimum absolute atomic E-state index is 0.284. The largest absolute Gasteiger partial charge is 0.478 e. The second-order valence-electron chi connectivity index (χ2n) is 4.32. The van der Waals surface area contributed by atoms with E-state index in [4.69, 9.17) is 10.8 Å². The number of carboxylic acid groups (broad SMARTS) is 1. The monoisotopic (exact) mass is 252 g/mol. The topological polar surface area (TPSA) is 68.2 Å². The van der Waals surface area contributed by atoms with E-state index >= 15 is 0 Å². The minimum Gasteiger partial charge on any atom is -0.478 e. The molecular weight excluding hydrogens is 240 g/mol. The third-order valence-electron chi connectivity index (χ3n) is 3.13. The first-order valence-corrected chi connectivity index (χ1v) is 5.86. The van der Waals surface area contributed by atoms with Crippen LogP contribution in [0.15, 0.2) is 54.7 Å². The van der Waals surface area contributed by atoms with Crippen molar-refractivity contribution in [3.05, 3.63) is 60.3 Å². The fourth-order valence-electron chi connectivity index (χ4n) is 2.19. The zero-order chi connectivity index (χ0) is 13.4. The van der Waals surface area contributed by atoms with Gasteiger partial charge in [0.1, 0.15) is 0 Å². The molecule has 0 saturated heterocycles.